The van der Waals surface area contributed by atoms with Crippen LogP contribution < -0.4 is 10.1 Å². The molecule has 1 aromatic heterocycles. The number of para-hydroxylation sites is 2. The average molecular weight is 456 g/mol. The lowest BCUT2D eigenvalue weighted by Gasteiger charge is -2.17. The summed E-state index contributed by atoms with van der Waals surface area (Å²) >= 11 is 0. The van der Waals surface area contributed by atoms with Gasteiger partial charge in [-0.05, 0) is 75.9 Å². The fourth-order valence-electron chi connectivity index (χ4n) is 4.34. The molecule has 34 heavy (non-hydrogen) atoms. The minimum absolute atomic E-state index is 0.0777. The van der Waals surface area contributed by atoms with Gasteiger partial charge >= 0.3 is 0 Å². The van der Waals surface area contributed by atoms with E-state index in [4.69, 9.17) is 9.72 Å². The Balaban J connectivity index is 1.43. The number of aromatic nitrogens is 2. The number of hydrogen-bond acceptors (Lipinski definition) is 3. The van der Waals surface area contributed by atoms with Crippen molar-refractivity contribution in [2.45, 2.75) is 53.1 Å². The Morgan fingerprint density at radius 1 is 0.971 bits per heavy atom. The van der Waals surface area contributed by atoms with Crippen LogP contribution in [0.3, 0.4) is 0 Å². The maximum absolute atomic E-state index is 12.9. The minimum atomic E-state index is -0.217. The van der Waals surface area contributed by atoms with Crippen molar-refractivity contribution in [2.75, 3.05) is 6.61 Å². The highest BCUT2D eigenvalue weighted by Crippen LogP contribution is 2.23. The number of carbonyl (C=O) groups excluding carboxylic acids is 1. The second kappa shape index (κ2) is 10.6. The van der Waals surface area contributed by atoms with Crippen molar-refractivity contribution in [1.29, 1.82) is 0 Å². The van der Waals surface area contributed by atoms with Gasteiger partial charge in [-0.25, -0.2) is 4.98 Å². The summed E-state index contributed by atoms with van der Waals surface area (Å²) in [6.45, 7) is 9.61. The van der Waals surface area contributed by atoms with Gasteiger partial charge < -0.3 is 14.6 Å². The number of hydrogen-bond donors (Lipinski definition) is 1. The summed E-state index contributed by atoms with van der Waals surface area (Å²) < 4.78 is 8.24. The van der Waals surface area contributed by atoms with Crippen molar-refractivity contribution in [2.24, 2.45) is 0 Å². The summed E-state index contributed by atoms with van der Waals surface area (Å²) in [4.78, 5) is 17.8. The quantitative estimate of drug-likeness (QED) is 0.301. The molecule has 1 heterocycles. The van der Waals surface area contributed by atoms with Gasteiger partial charge in [-0.1, -0.05) is 48.0 Å². The van der Waals surface area contributed by atoms with Gasteiger partial charge in [0.2, 0.25) is 0 Å². The van der Waals surface area contributed by atoms with Gasteiger partial charge in [-0.2, -0.15) is 0 Å². The molecule has 0 spiro atoms. The summed E-state index contributed by atoms with van der Waals surface area (Å²) in [6, 6.07) is 21.8. The van der Waals surface area contributed by atoms with Crippen LogP contribution >= 0.6 is 0 Å². The Morgan fingerprint density at radius 3 is 2.53 bits per heavy atom. The SMILES string of the molecule is Cc1ccc(OCCCCn2c(C(C)NC(=O)c3ccccc3C)nc3ccccc32)c(C)c1. The zero-order valence-corrected chi connectivity index (χ0v) is 20.5. The Kier molecular flexibility index (Phi) is 7.31. The van der Waals surface area contributed by atoms with Gasteiger partial charge in [0.25, 0.3) is 5.91 Å². The monoisotopic (exact) mass is 455 g/mol. The second-order valence-electron chi connectivity index (χ2n) is 8.94. The van der Waals surface area contributed by atoms with Crippen molar-refractivity contribution >= 4 is 16.9 Å². The summed E-state index contributed by atoms with van der Waals surface area (Å²) in [5.41, 5.74) is 6.10. The lowest BCUT2D eigenvalue weighted by molar-refractivity contribution is 0.0937. The fraction of sp³-hybridized carbons (Fsp3) is 0.310. The van der Waals surface area contributed by atoms with Crippen LogP contribution in [0.4, 0.5) is 0 Å². The molecule has 3 aromatic carbocycles. The Morgan fingerprint density at radius 2 is 1.74 bits per heavy atom. The topological polar surface area (TPSA) is 56.1 Å². The van der Waals surface area contributed by atoms with E-state index in [9.17, 15) is 4.79 Å². The largest absolute Gasteiger partial charge is 0.493 e. The molecule has 5 nitrogen and oxygen atoms in total. The predicted molar refractivity (Wildman–Crippen MR) is 137 cm³/mol. The molecule has 0 aliphatic carbocycles. The van der Waals surface area contributed by atoms with Crippen LogP contribution in [-0.4, -0.2) is 22.1 Å². The van der Waals surface area contributed by atoms with Gasteiger partial charge in [-0.15, -0.1) is 0 Å². The van der Waals surface area contributed by atoms with Crippen LogP contribution in [0, 0.1) is 20.8 Å². The van der Waals surface area contributed by atoms with Crippen LogP contribution in [0.25, 0.3) is 11.0 Å². The average Bonchev–Trinajstić information content (AvgIpc) is 3.19. The highest BCUT2D eigenvalue weighted by Gasteiger charge is 2.19. The number of ether oxygens (including phenoxy) is 1. The highest BCUT2D eigenvalue weighted by atomic mass is 16.5. The van der Waals surface area contributed by atoms with Crippen molar-refractivity contribution < 1.29 is 9.53 Å². The number of fused-ring (bicyclic) bond motifs is 1. The maximum Gasteiger partial charge on any atom is 0.252 e. The number of imidazole rings is 1. The zero-order chi connectivity index (χ0) is 24.1. The number of unbranched alkanes of at least 4 members (excludes halogenated alkanes) is 1. The third-order valence-electron chi connectivity index (χ3n) is 6.17. The third-order valence-corrected chi connectivity index (χ3v) is 6.17. The Labute approximate surface area is 201 Å². The number of rotatable bonds is 9. The molecule has 0 saturated heterocycles. The van der Waals surface area contributed by atoms with E-state index in [0.29, 0.717) is 12.2 Å². The molecule has 0 radical (unpaired) electrons. The molecule has 0 saturated carbocycles. The van der Waals surface area contributed by atoms with Crippen LogP contribution in [0.1, 0.15) is 58.7 Å². The molecule has 176 valence electrons. The minimum Gasteiger partial charge on any atom is -0.493 e. The number of carbonyl (C=O) groups is 1. The molecule has 0 aliphatic rings. The Bertz CT molecular complexity index is 1290. The van der Waals surface area contributed by atoms with Gasteiger partial charge in [0, 0.05) is 12.1 Å². The molecule has 1 amide bonds. The van der Waals surface area contributed by atoms with E-state index >= 15 is 0 Å². The third kappa shape index (κ3) is 5.30. The normalized spacial score (nSPS) is 12.0. The van der Waals surface area contributed by atoms with Crippen LogP contribution in [0.15, 0.2) is 66.7 Å². The molecular formula is C29H33N3O2. The summed E-state index contributed by atoms with van der Waals surface area (Å²) in [7, 11) is 0. The molecule has 0 bridgehead atoms. The van der Waals surface area contributed by atoms with E-state index in [1.807, 2.05) is 62.4 Å². The van der Waals surface area contributed by atoms with Gasteiger partial charge in [-0.3, -0.25) is 4.79 Å². The van der Waals surface area contributed by atoms with Crippen molar-refractivity contribution in [3.05, 3.63) is 94.8 Å². The van der Waals surface area contributed by atoms with E-state index in [-0.39, 0.29) is 11.9 Å². The van der Waals surface area contributed by atoms with Crippen molar-refractivity contribution in [3.63, 3.8) is 0 Å². The molecule has 1 N–H and O–H groups in total. The number of benzene rings is 3. The molecule has 0 fully saturated rings. The molecule has 1 unspecified atom stereocenters. The lowest BCUT2D eigenvalue weighted by Crippen LogP contribution is -2.29. The van der Waals surface area contributed by atoms with Crippen molar-refractivity contribution in [1.82, 2.24) is 14.9 Å². The second-order valence-corrected chi connectivity index (χ2v) is 8.94. The highest BCUT2D eigenvalue weighted by molar-refractivity contribution is 5.95. The molecule has 4 aromatic rings. The number of nitrogens with one attached hydrogen (secondary N) is 1. The first kappa shape index (κ1) is 23.6. The molecule has 5 heteroatoms. The number of nitrogens with zero attached hydrogens (tertiary/aromatic N) is 2. The maximum atomic E-state index is 12.9. The molecule has 1 atom stereocenters. The number of aryl methyl sites for hydroxylation is 4. The van der Waals surface area contributed by atoms with E-state index in [1.54, 1.807) is 0 Å². The lowest BCUT2D eigenvalue weighted by atomic mass is 10.1. The Hall–Kier alpha value is -3.60. The molecular weight excluding hydrogens is 422 g/mol. The smallest absolute Gasteiger partial charge is 0.252 e. The van der Waals surface area contributed by atoms with Crippen molar-refractivity contribution in [3.8, 4) is 5.75 Å². The summed E-state index contributed by atoms with van der Waals surface area (Å²) in [5.74, 6) is 1.75. The van der Waals surface area contributed by atoms with Crippen LogP contribution in [0.5, 0.6) is 5.75 Å². The van der Waals surface area contributed by atoms with Gasteiger partial charge in [0.1, 0.15) is 11.6 Å². The standard InChI is InChI=1S/C29H33N3O2/c1-20-15-16-27(22(3)19-20)34-18-10-9-17-32-26-14-8-7-13-25(26)31-28(32)23(4)30-29(33)24-12-6-5-11-21(24)2/h5-8,11-16,19,23H,9-10,17-18H2,1-4H3,(H,30,33). The molecule has 4 rings (SSSR count). The van der Waals surface area contributed by atoms with E-state index < -0.39 is 0 Å². The number of amides is 1. The first-order valence-corrected chi connectivity index (χ1v) is 12.0. The summed E-state index contributed by atoms with van der Waals surface area (Å²) in [6.07, 6.45) is 1.89. The van der Waals surface area contributed by atoms with E-state index in [1.165, 1.54) is 11.1 Å². The van der Waals surface area contributed by atoms with Crippen LogP contribution in [-0.2, 0) is 6.54 Å². The first-order chi connectivity index (χ1) is 16.4. The van der Waals surface area contributed by atoms with E-state index in [2.05, 4.69) is 41.9 Å². The summed E-state index contributed by atoms with van der Waals surface area (Å²) in [5, 5.41) is 3.14. The van der Waals surface area contributed by atoms with Gasteiger partial charge in [0.05, 0.1) is 23.7 Å². The molecule has 0 aliphatic heterocycles. The zero-order valence-electron chi connectivity index (χ0n) is 20.5. The fourth-order valence-corrected chi connectivity index (χ4v) is 4.34. The predicted octanol–water partition coefficient (Wildman–Crippen LogP) is 6.31. The van der Waals surface area contributed by atoms with Gasteiger partial charge in [0.15, 0.2) is 0 Å². The first-order valence-electron chi connectivity index (χ1n) is 12.0. The van der Waals surface area contributed by atoms with E-state index in [0.717, 1.165) is 47.6 Å². The van der Waals surface area contributed by atoms with Crippen LogP contribution in [0.2, 0.25) is 0 Å².